The fourth-order valence-electron chi connectivity index (χ4n) is 2.04. The first-order valence-corrected chi connectivity index (χ1v) is 5.45. The van der Waals surface area contributed by atoms with Crippen LogP contribution in [0.1, 0.15) is 12.8 Å². The molecule has 0 atom stereocenters. The number of nitrogens with zero attached hydrogens (tertiary/aromatic N) is 4. The van der Waals surface area contributed by atoms with E-state index in [4.69, 9.17) is 5.26 Å². The number of nitriles is 1. The SMILES string of the molecule is N#CC1CCN(c2ccncc2[N+](=O)[O-])CC1. The van der Waals surface area contributed by atoms with E-state index in [1.165, 1.54) is 6.20 Å². The molecule has 0 radical (unpaired) electrons. The highest BCUT2D eigenvalue weighted by Crippen LogP contribution is 2.30. The molecule has 0 spiro atoms. The molecule has 17 heavy (non-hydrogen) atoms. The topological polar surface area (TPSA) is 83.1 Å². The van der Waals surface area contributed by atoms with Crippen LogP contribution in [0.4, 0.5) is 11.4 Å². The molecule has 1 fully saturated rings. The lowest BCUT2D eigenvalue weighted by molar-refractivity contribution is -0.384. The summed E-state index contributed by atoms with van der Waals surface area (Å²) in [4.78, 5) is 16.2. The summed E-state index contributed by atoms with van der Waals surface area (Å²) in [7, 11) is 0. The first kappa shape index (κ1) is 11.3. The van der Waals surface area contributed by atoms with Crippen molar-refractivity contribution in [1.29, 1.82) is 5.26 Å². The van der Waals surface area contributed by atoms with Gasteiger partial charge >= 0.3 is 5.69 Å². The van der Waals surface area contributed by atoms with Gasteiger partial charge in [0.05, 0.1) is 11.0 Å². The quantitative estimate of drug-likeness (QED) is 0.572. The molecule has 0 aliphatic carbocycles. The first-order chi connectivity index (χ1) is 8.22. The van der Waals surface area contributed by atoms with E-state index >= 15 is 0 Å². The van der Waals surface area contributed by atoms with Crippen LogP contribution >= 0.6 is 0 Å². The Balaban J connectivity index is 2.19. The van der Waals surface area contributed by atoms with Crippen LogP contribution in [0.2, 0.25) is 0 Å². The molecule has 88 valence electrons. The molecule has 1 aromatic rings. The Hall–Kier alpha value is -2.16. The van der Waals surface area contributed by atoms with Crippen LogP contribution in [0.5, 0.6) is 0 Å². The maximum atomic E-state index is 10.9. The lowest BCUT2D eigenvalue weighted by Gasteiger charge is -2.30. The van der Waals surface area contributed by atoms with Crippen molar-refractivity contribution >= 4 is 11.4 Å². The zero-order valence-electron chi connectivity index (χ0n) is 9.24. The van der Waals surface area contributed by atoms with Crippen molar-refractivity contribution in [3.8, 4) is 6.07 Å². The third-order valence-electron chi connectivity index (χ3n) is 2.99. The van der Waals surface area contributed by atoms with Crippen LogP contribution in [0.15, 0.2) is 18.5 Å². The van der Waals surface area contributed by atoms with E-state index < -0.39 is 4.92 Å². The Morgan fingerprint density at radius 3 is 2.82 bits per heavy atom. The molecule has 1 aliphatic rings. The van der Waals surface area contributed by atoms with Crippen LogP contribution < -0.4 is 4.90 Å². The molecule has 1 aliphatic heterocycles. The summed E-state index contributed by atoms with van der Waals surface area (Å²) in [6, 6.07) is 3.90. The monoisotopic (exact) mass is 232 g/mol. The Morgan fingerprint density at radius 2 is 2.24 bits per heavy atom. The summed E-state index contributed by atoms with van der Waals surface area (Å²) in [5.74, 6) is 0.0761. The van der Waals surface area contributed by atoms with Crippen molar-refractivity contribution in [2.24, 2.45) is 5.92 Å². The van der Waals surface area contributed by atoms with E-state index in [-0.39, 0.29) is 11.6 Å². The molecule has 0 saturated carbocycles. The van der Waals surface area contributed by atoms with Crippen molar-refractivity contribution in [3.63, 3.8) is 0 Å². The first-order valence-electron chi connectivity index (χ1n) is 5.45. The molecule has 0 amide bonds. The van der Waals surface area contributed by atoms with Crippen molar-refractivity contribution in [1.82, 2.24) is 4.98 Å². The third kappa shape index (κ3) is 2.33. The number of rotatable bonds is 2. The maximum absolute atomic E-state index is 10.9. The fraction of sp³-hybridized carbons (Fsp3) is 0.455. The molecular weight excluding hydrogens is 220 g/mol. The van der Waals surface area contributed by atoms with Gasteiger partial charge in [-0.1, -0.05) is 0 Å². The predicted molar refractivity (Wildman–Crippen MR) is 61.4 cm³/mol. The average molecular weight is 232 g/mol. The lowest BCUT2D eigenvalue weighted by Crippen LogP contribution is -2.33. The molecule has 0 aromatic carbocycles. The van der Waals surface area contributed by atoms with Gasteiger partial charge in [-0.2, -0.15) is 5.26 Å². The molecule has 6 heteroatoms. The second-order valence-corrected chi connectivity index (χ2v) is 4.01. The highest BCUT2D eigenvalue weighted by Gasteiger charge is 2.24. The zero-order chi connectivity index (χ0) is 12.3. The molecule has 0 N–H and O–H groups in total. The Kier molecular flexibility index (Phi) is 3.19. The summed E-state index contributed by atoms with van der Waals surface area (Å²) in [5.41, 5.74) is 0.629. The molecular formula is C11H12N4O2. The average Bonchev–Trinajstić information content (AvgIpc) is 2.39. The van der Waals surface area contributed by atoms with Gasteiger partial charge in [0.25, 0.3) is 0 Å². The second kappa shape index (κ2) is 4.78. The second-order valence-electron chi connectivity index (χ2n) is 4.01. The van der Waals surface area contributed by atoms with Gasteiger partial charge in [-0.15, -0.1) is 0 Å². The highest BCUT2D eigenvalue weighted by molar-refractivity contribution is 5.61. The van der Waals surface area contributed by atoms with Crippen molar-refractivity contribution in [3.05, 3.63) is 28.6 Å². The van der Waals surface area contributed by atoms with Crippen LogP contribution in [-0.2, 0) is 0 Å². The van der Waals surface area contributed by atoms with Crippen LogP contribution in [0.25, 0.3) is 0 Å². The van der Waals surface area contributed by atoms with Crippen LogP contribution in [-0.4, -0.2) is 23.0 Å². The van der Waals surface area contributed by atoms with Crippen molar-refractivity contribution in [2.75, 3.05) is 18.0 Å². The minimum absolute atomic E-state index is 0.0305. The highest BCUT2D eigenvalue weighted by atomic mass is 16.6. The summed E-state index contributed by atoms with van der Waals surface area (Å²) in [5, 5.41) is 19.7. The normalized spacial score (nSPS) is 16.5. The Morgan fingerprint density at radius 1 is 1.53 bits per heavy atom. The molecule has 1 saturated heterocycles. The van der Waals surface area contributed by atoms with Gasteiger partial charge in [0, 0.05) is 25.2 Å². The van der Waals surface area contributed by atoms with E-state index in [9.17, 15) is 10.1 Å². The van der Waals surface area contributed by atoms with Crippen molar-refractivity contribution < 1.29 is 4.92 Å². The van der Waals surface area contributed by atoms with E-state index in [1.807, 2.05) is 4.90 Å². The smallest absolute Gasteiger partial charge is 0.310 e. The summed E-state index contributed by atoms with van der Waals surface area (Å²) in [6.07, 6.45) is 4.34. The van der Waals surface area contributed by atoms with Crippen molar-refractivity contribution in [2.45, 2.75) is 12.8 Å². The van der Waals surface area contributed by atoms with Crippen LogP contribution in [0, 0.1) is 27.4 Å². The van der Waals surface area contributed by atoms with Gasteiger partial charge in [-0.3, -0.25) is 15.1 Å². The van der Waals surface area contributed by atoms with E-state index in [1.54, 1.807) is 12.3 Å². The fourth-order valence-corrected chi connectivity index (χ4v) is 2.04. The van der Waals surface area contributed by atoms with E-state index in [2.05, 4.69) is 11.1 Å². The molecule has 6 nitrogen and oxygen atoms in total. The molecule has 2 rings (SSSR count). The largest absolute Gasteiger partial charge is 0.366 e. The minimum atomic E-state index is -0.418. The third-order valence-corrected chi connectivity index (χ3v) is 2.99. The Labute approximate surface area is 98.6 Å². The number of hydrogen-bond acceptors (Lipinski definition) is 5. The van der Waals surface area contributed by atoms with Gasteiger partial charge in [-0.05, 0) is 18.9 Å². The number of hydrogen-bond donors (Lipinski definition) is 0. The molecule has 0 bridgehead atoms. The summed E-state index contributed by atoms with van der Waals surface area (Å²) < 4.78 is 0. The number of piperidine rings is 1. The van der Waals surface area contributed by atoms with Gasteiger partial charge < -0.3 is 4.90 Å². The van der Waals surface area contributed by atoms with Crippen LogP contribution in [0.3, 0.4) is 0 Å². The van der Waals surface area contributed by atoms with Gasteiger partial charge in [0.15, 0.2) is 0 Å². The molecule has 1 aromatic heterocycles. The number of anilines is 1. The maximum Gasteiger partial charge on any atom is 0.310 e. The molecule has 2 heterocycles. The number of nitro groups is 1. The number of pyridine rings is 1. The minimum Gasteiger partial charge on any atom is -0.366 e. The summed E-state index contributed by atoms with van der Waals surface area (Å²) >= 11 is 0. The predicted octanol–water partition coefficient (Wildman–Crippen LogP) is 1.73. The summed E-state index contributed by atoms with van der Waals surface area (Å²) in [6.45, 7) is 1.37. The Bertz CT molecular complexity index is 461. The standard InChI is InChI=1S/C11H12N4O2/c12-7-9-2-5-14(6-3-9)10-1-4-13-8-11(10)15(16)17/h1,4,8-9H,2-3,5-6H2. The van der Waals surface area contributed by atoms with E-state index in [0.29, 0.717) is 18.8 Å². The van der Waals surface area contributed by atoms with Gasteiger partial charge in [0.1, 0.15) is 11.9 Å². The van der Waals surface area contributed by atoms with Gasteiger partial charge in [0.2, 0.25) is 0 Å². The van der Waals surface area contributed by atoms with Gasteiger partial charge in [-0.25, -0.2) is 0 Å². The number of aromatic nitrogens is 1. The molecule has 0 unspecified atom stereocenters. The zero-order valence-corrected chi connectivity index (χ0v) is 9.24. The lowest BCUT2D eigenvalue weighted by atomic mass is 9.98. The van der Waals surface area contributed by atoms with E-state index in [0.717, 1.165) is 12.8 Å².